The Morgan fingerprint density at radius 3 is 2.08 bits per heavy atom. The lowest BCUT2D eigenvalue weighted by Crippen LogP contribution is -2.45. The Morgan fingerprint density at radius 1 is 0.973 bits per heavy atom. The molecule has 0 radical (unpaired) electrons. The summed E-state index contributed by atoms with van der Waals surface area (Å²) in [6, 6.07) is 2.70. The monoisotopic (exact) mass is 576 g/mol. The van der Waals surface area contributed by atoms with Crippen molar-refractivity contribution >= 4 is 25.6 Å². The minimum absolute atomic E-state index is 0.309. The normalized spacial score (nSPS) is 21.5. The maximum absolute atomic E-state index is 15.5. The highest BCUT2D eigenvalue weighted by atomic mass is 32.2. The summed E-state index contributed by atoms with van der Waals surface area (Å²) in [5.41, 5.74) is -3.59. The van der Waals surface area contributed by atoms with Gasteiger partial charge in [0.15, 0.2) is 14.9 Å². The van der Waals surface area contributed by atoms with Gasteiger partial charge < -0.3 is 5.32 Å². The van der Waals surface area contributed by atoms with Crippen LogP contribution in [-0.2, 0) is 32.0 Å². The molecule has 1 fully saturated rings. The molecule has 1 aliphatic carbocycles. The Labute approximate surface area is 206 Å². The number of rotatable bonds is 5. The molecule has 1 aromatic heterocycles. The van der Waals surface area contributed by atoms with Crippen LogP contribution in [-0.4, -0.2) is 45.0 Å². The molecule has 2 aromatic rings. The molecule has 1 aliphatic rings. The second-order valence-corrected chi connectivity index (χ2v) is 12.7. The van der Waals surface area contributed by atoms with Gasteiger partial charge in [-0.25, -0.2) is 26.2 Å². The summed E-state index contributed by atoms with van der Waals surface area (Å²) in [5.74, 6) is -1.13. The van der Waals surface area contributed by atoms with Crippen LogP contribution in [0.5, 0.6) is 0 Å². The summed E-state index contributed by atoms with van der Waals surface area (Å²) in [5, 5.41) is -1.63. The first-order valence-corrected chi connectivity index (χ1v) is 13.8. The molecule has 0 aliphatic heterocycles. The van der Waals surface area contributed by atoms with E-state index in [2.05, 4.69) is 10.3 Å². The van der Waals surface area contributed by atoms with Crippen LogP contribution in [0.25, 0.3) is 0 Å². The highest BCUT2D eigenvalue weighted by Crippen LogP contribution is 2.41. The van der Waals surface area contributed by atoms with Crippen molar-refractivity contribution in [3.8, 4) is 0 Å². The van der Waals surface area contributed by atoms with Crippen LogP contribution in [0, 0.1) is 0 Å². The summed E-state index contributed by atoms with van der Waals surface area (Å²) in [4.78, 5) is 14.7. The van der Waals surface area contributed by atoms with E-state index in [1.807, 2.05) is 0 Å². The number of halogens is 7. The average molecular weight is 577 g/mol. The van der Waals surface area contributed by atoms with Gasteiger partial charge in [-0.05, 0) is 56.0 Å². The van der Waals surface area contributed by atoms with E-state index in [9.17, 15) is 48.0 Å². The van der Waals surface area contributed by atoms with Gasteiger partial charge in [-0.3, -0.25) is 4.79 Å². The van der Waals surface area contributed by atoms with Crippen LogP contribution in [0.2, 0.25) is 0 Å². The summed E-state index contributed by atoms with van der Waals surface area (Å²) in [7, 11) is -9.09. The largest absolute Gasteiger partial charge is 0.433 e. The van der Waals surface area contributed by atoms with Gasteiger partial charge in [0.1, 0.15) is 5.69 Å². The van der Waals surface area contributed by atoms with Crippen LogP contribution in [0.15, 0.2) is 46.3 Å². The van der Waals surface area contributed by atoms with Crippen molar-refractivity contribution in [2.24, 2.45) is 0 Å². The summed E-state index contributed by atoms with van der Waals surface area (Å²) < 4.78 is 143. The first-order chi connectivity index (χ1) is 16.7. The Bertz CT molecular complexity index is 1410. The van der Waals surface area contributed by atoms with Gasteiger partial charge in [0.25, 0.3) is 5.91 Å². The number of nitrogens with one attached hydrogen (secondary N) is 1. The Kier molecular flexibility index (Phi) is 7.42. The van der Waals surface area contributed by atoms with Gasteiger partial charge in [0, 0.05) is 17.9 Å². The van der Waals surface area contributed by atoms with Gasteiger partial charge in [-0.15, -0.1) is 0 Å². The lowest BCUT2D eigenvalue weighted by molar-refractivity contribution is -0.141. The van der Waals surface area contributed by atoms with Crippen LogP contribution >= 0.6 is 0 Å². The maximum atomic E-state index is 15.5. The topological polar surface area (TPSA) is 110 Å². The predicted molar refractivity (Wildman–Crippen MR) is 115 cm³/mol. The van der Waals surface area contributed by atoms with Crippen LogP contribution in [0.3, 0.4) is 0 Å². The minimum Gasteiger partial charge on any atom is -0.349 e. The third kappa shape index (κ3) is 6.22. The van der Waals surface area contributed by atoms with E-state index >= 15 is 4.39 Å². The minimum atomic E-state index is -5.06. The smallest absolute Gasteiger partial charge is 0.349 e. The predicted octanol–water partition coefficient (Wildman–Crippen LogP) is 4.33. The van der Waals surface area contributed by atoms with Crippen molar-refractivity contribution in [2.75, 3.05) is 6.26 Å². The highest BCUT2D eigenvalue weighted by molar-refractivity contribution is 7.92. The Hall–Kier alpha value is -2.75. The standard InChI is InChI=1S/C21H19F7N2O5S2/c1-36(32,33)17-10-12(9-16(30-17)21(26,27)28)18(31)29-14-5-7-19(22,8-6-14)37(34,35)15-4-2-3-13(11-15)20(23,24)25/h2-4,9-11,14H,5-8H2,1H3,(H,29,31). The molecule has 37 heavy (non-hydrogen) atoms. The molecule has 0 atom stereocenters. The number of carbonyl (C=O) groups is 1. The highest BCUT2D eigenvalue weighted by Gasteiger charge is 2.48. The fourth-order valence-corrected chi connectivity index (χ4v) is 6.09. The molecule has 0 bridgehead atoms. The molecule has 204 valence electrons. The second kappa shape index (κ2) is 9.53. The van der Waals surface area contributed by atoms with Crippen molar-refractivity contribution < 1.29 is 52.4 Å². The van der Waals surface area contributed by atoms with Gasteiger partial charge in [0.2, 0.25) is 14.8 Å². The number of pyridine rings is 1. The van der Waals surface area contributed by atoms with Crippen LogP contribution in [0.1, 0.15) is 47.3 Å². The van der Waals surface area contributed by atoms with Crippen molar-refractivity contribution in [3.05, 3.63) is 53.2 Å². The van der Waals surface area contributed by atoms with E-state index in [4.69, 9.17) is 0 Å². The van der Waals surface area contributed by atoms with Crippen LogP contribution < -0.4 is 5.32 Å². The van der Waals surface area contributed by atoms with Gasteiger partial charge in [-0.1, -0.05) is 6.07 Å². The number of sulfone groups is 2. The Morgan fingerprint density at radius 2 is 1.57 bits per heavy atom. The van der Waals surface area contributed by atoms with E-state index < -0.39 is 88.6 Å². The third-order valence-corrected chi connectivity index (χ3v) is 8.97. The number of amides is 1. The summed E-state index contributed by atoms with van der Waals surface area (Å²) in [6.45, 7) is 0. The zero-order chi connectivity index (χ0) is 28.0. The number of aromatic nitrogens is 1. The zero-order valence-electron chi connectivity index (χ0n) is 18.8. The number of hydrogen-bond acceptors (Lipinski definition) is 6. The van der Waals surface area contributed by atoms with Crippen molar-refractivity contribution in [2.45, 2.75) is 59.0 Å². The van der Waals surface area contributed by atoms with Gasteiger partial charge >= 0.3 is 12.4 Å². The maximum Gasteiger partial charge on any atom is 0.433 e. The fraction of sp³-hybridized carbons (Fsp3) is 0.429. The average Bonchev–Trinajstić information content (AvgIpc) is 2.78. The molecule has 7 nitrogen and oxygen atoms in total. The number of hydrogen-bond donors (Lipinski definition) is 1. The molecule has 1 amide bonds. The molecule has 16 heteroatoms. The number of benzene rings is 1. The molecule has 0 spiro atoms. The quantitative estimate of drug-likeness (QED) is 0.531. The molecule has 3 rings (SSSR count). The van der Waals surface area contributed by atoms with Gasteiger partial charge in [-0.2, -0.15) is 26.3 Å². The SMILES string of the molecule is CS(=O)(=O)c1cc(C(=O)NC2CCC(F)(S(=O)(=O)c3cccc(C(F)(F)F)c3)CC2)cc(C(F)(F)F)n1. The molecule has 0 saturated heterocycles. The first kappa shape index (κ1) is 28.8. The van der Waals surface area contributed by atoms with E-state index in [-0.39, 0.29) is 12.8 Å². The molecular weight excluding hydrogens is 557 g/mol. The molecule has 1 heterocycles. The zero-order valence-corrected chi connectivity index (χ0v) is 20.5. The van der Waals surface area contributed by atoms with E-state index in [1.54, 1.807) is 0 Å². The summed E-state index contributed by atoms with van der Waals surface area (Å²) in [6.07, 6.45) is -11.4. The van der Waals surface area contributed by atoms with Crippen molar-refractivity contribution in [1.82, 2.24) is 10.3 Å². The molecule has 0 unspecified atom stereocenters. The molecule has 1 saturated carbocycles. The molecule has 1 N–H and O–H groups in total. The third-order valence-electron chi connectivity index (χ3n) is 5.76. The second-order valence-electron chi connectivity index (χ2n) is 8.51. The lowest BCUT2D eigenvalue weighted by atomic mass is 9.93. The Balaban J connectivity index is 1.78. The van der Waals surface area contributed by atoms with Crippen molar-refractivity contribution in [1.29, 1.82) is 0 Å². The number of carbonyl (C=O) groups excluding carboxylic acids is 1. The molecule has 1 aromatic carbocycles. The van der Waals surface area contributed by atoms with E-state index in [1.165, 1.54) is 0 Å². The summed E-state index contributed by atoms with van der Waals surface area (Å²) >= 11 is 0. The fourth-order valence-electron chi connectivity index (χ4n) is 3.75. The van der Waals surface area contributed by atoms with E-state index in [0.29, 0.717) is 30.5 Å². The first-order valence-electron chi connectivity index (χ1n) is 10.4. The molecular formula is C21H19F7N2O5S2. The lowest BCUT2D eigenvalue weighted by Gasteiger charge is -2.34. The van der Waals surface area contributed by atoms with E-state index in [0.717, 1.165) is 12.1 Å². The van der Waals surface area contributed by atoms with Crippen molar-refractivity contribution in [3.63, 3.8) is 0 Å². The number of nitrogens with zero attached hydrogens (tertiary/aromatic N) is 1. The van der Waals surface area contributed by atoms with Gasteiger partial charge in [0.05, 0.1) is 10.5 Å². The van der Waals surface area contributed by atoms with Crippen LogP contribution in [0.4, 0.5) is 30.7 Å². The number of alkyl halides is 7.